The molecule has 5 nitrogen and oxygen atoms in total. The lowest BCUT2D eigenvalue weighted by Crippen LogP contribution is -2.33. The van der Waals surface area contributed by atoms with Gasteiger partial charge in [-0.3, -0.25) is 14.3 Å². The van der Waals surface area contributed by atoms with Gasteiger partial charge < -0.3 is 4.74 Å². The second-order valence-electron chi connectivity index (χ2n) is 4.39. The molecule has 0 unspecified atom stereocenters. The standard InChI is InChI=1S/C11H15IN2O3/c1-3-8-6(2)4-9(17-8)14-5-7(12)10(15)13-11(14)16/h5-6,8-9H,3-4H2,1-2H3,(H,13,15,16)/t6-,8-,9-/m1/s1. The van der Waals surface area contributed by atoms with E-state index in [0.717, 1.165) is 12.8 Å². The number of nitrogens with one attached hydrogen (secondary N) is 1. The van der Waals surface area contributed by atoms with E-state index in [2.05, 4.69) is 18.8 Å². The molecule has 1 fully saturated rings. The first kappa shape index (κ1) is 12.8. The van der Waals surface area contributed by atoms with Crippen molar-refractivity contribution in [2.24, 2.45) is 5.92 Å². The fraction of sp³-hybridized carbons (Fsp3) is 0.636. The lowest BCUT2D eigenvalue weighted by molar-refractivity contribution is -0.00771. The van der Waals surface area contributed by atoms with Gasteiger partial charge in [0.2, 0.25) is 0 Å². The Morgan fingerprint density at radius 1 is 1.59 bits per heavy atom. The summed E-state index contributed by atoms with van der Waals surface area (Å²) in [7, 11) is 0. The Bertz CT molecular complexity index is 522. The number of hydrogen-bond acceptors (Lipinski definition) is 3. The molecule has 94 valence electrons. The first-order chi connectivity index (χ1) is 8.02. The summed E-state index contributed by atoms with van der Waals surface area (Å²) in [4.78, 5) is 25.3. The van der Waals surface area contributed by atoms with Gasteiger partial charge in [-0.25, -0.2) is 4.79 Å². The largest absolute Gasteiger partial charge is 0.354 e. The molecule has 2 rings (SSSR count). The van der Waals surface area contributed by atoms with Crippen LogP contribution in [-0.4, -0.2) is 15.7 Å². The molecule has 0 aliphatic carbocycles. The second kappa shape index (κ2) is 4.93. The number of ether oxygens (including phenoxy) is 1. The van der Waals surface area contributed by atoms with Gasteiger partial charge in [-0.15, -0.1) is 0 Å². The molecule has 0 radical (unpaired) electrons. The van der Waals surface area contributed by atoms with Crippen LogP contribution in [0.4, 0.5) is 0 Å². The number of rotatable bonds is 2. The lowest BCUT2D eigenvalue weighted by atomic mass is 10.0. The predicted molar refractivity (Wildman–Crippen MR) is 72.0 cm³/mol. The average Bonchev–Trinajstić information content (AvgIpc) is 2.65. The van der Waals surface area contributed by atoms with E-state index >= 15 is 0 Å². The molecule has 3 atom stereocenters. The van der Waals surface area contributed by atoms with Crippen LogP contribution in [0.1, 0.15) is 32.9 Å². The van der Waals surface area contributed by atoms with Gasteiger partial charge in [-0.1, -0.05) is 13.8 Å². The maximum atomic E-state index is 11.7. The lowest BCUT2D eigenvalue weighted by Gasteiger charge is -2.15. The van der Waals surface area contributed by atoms with Crippen molar-refractivity contribution in [1.82, 2.24) is 9.55 Å². The van der Waals surface area contributed by atoms with Crippen LogP contribution in [-0.2, 0) is 4.74 Å². The molecule has 1 aliphatic heterocycles. The molecule has 0 amide bonds. The number of aromatic nitrogens is 2. The second-order valence-corrected chi connectivity index (χ2v) is 5.56. The van der Waals surface area contributed by atoms with Crippen molar-refractivity contribution in [2.45, 2.75) is 39.0 Å². The average molecular weight is 350 g/mol. The molecule has 0 spiro atoms. The van der Waals surface area contributed by atoms with Gasteiger partial charge in [0.1, 0.15) is 6.23 Å². The first-order valence-corrected chi connectivity index (χ1v) is 6.77. The highest BCUT2D eigenvalue weighted by Crippen LogP contribution is 2.33. The van der Waals surface area contributed by atoms with E-state index < -0.39 is 5.69 Å². The van der Waals surface area contributed by atoms with E-state index in [0.29, 0.717) is 9.49 Å². The Labute approximate surface area is 112 Å². The third-order valence-corrected chi connectivity index (χ3v) is 3.95. The maximum absolute atomic E-state index is 11.7. The van der Waals surface area contributed by atoms with Crippen molar-refractivity contribution in [1.29, 1.82) is 0 Å². The minimum atomic E-state index is -0.399. The molecule has 0 aromatic carbocycles. The van der Waals surface area contributed by atoms with E-state index in [1.54, 1.807) is 6.20 Å². The number of H-pyrrole nitrogens is 1. The molecule has 0 bridgehead atoms. The monoisotopic (exact) mass is 350 g/mol. The minimum Gasteiger partial charge on any atom is -0.354 e. The topological polar surface area (TPSA) is 64.1 Å². The fourth-order valence-electron chi connectivity index (χ4n) is 2.21. The van der Waals surface area contributed by atoms with Crippen LogP contribution in [0.3, 0.4) is 0 Å². The maximum Gasteiger partial charge on any atom is 0.330 e. The van der Waals surface area contributed by atoms with E-state index in [4.69, 9.17) is 4.74 Å². The van der Waals surface area contributed by atoms with Crippen LogP contribution >= 0.6 is 22.6 Å². The Morgan fingerprint density at radius 2 is 2.29 bits per heavy atom. The Hall–Kier alpha value is -0.630. The quantitative estimate of drug-likeness (QED) is 0.822. The molecule has 0 saturated carbocycles. The van der Waals surface area contributed by atoms with Gasteiger partial charge in [-0.05, 0) is 41.4 Å². The van der Waals surface area contributed by atoms with Crippen LogP contribution < -0.4 is 11.2 Å². The summed E-state index contributed by atoms with van der Waals surface area (Å²) in [6.45, 7) is 4.19. The summed E-state index contributed by atoms with van der Waals surface area (Å²) < 4.78 is 7.80. The Morgan fingerprint density at radius 3 is 2.88 bits per heavy atom. The van der Waals surface area contributed by atoms with Crippen molar-refractivity contribution < 1.29 is 4.74 Å². The third-order valence-electron chi connectivity index (χ3n) is 3.18. The summed E-state index contributed by atoms with van der Waals surface area (Å²) in [6, 6.07) is 0. The van der Waals surface area contributed by atoms with E-state index in [9.17, 15) is 9.59 Å². The number of hydrogen-bond donors (Lipinski definition) is 1. The summed E-state index contributed by atoms with van der Waals surface area (Å²) in [5.74, 6) is 0.432. The minimum absolute atomic E-state index is 0.191. The highest BCUT2D eigenvalue weighted by Gasteiger charge is 2.32. The van der Waals surface area contributed by atoms with Crippen LogP contribution in [0.5, 0.6) is 0 Å². The fourth-order valence-corrected chi connectivity index (χ4v) is 2.65. The van der Waals surface area contributed by atoms with Crippen LogP contribution in [0, 0.1) is 9.49 Å². The summed E-state index contributed by atoms with van der Waals surface area (Å²) >= 11 is 1.91. The van der Waals surface area contributed by atoms with Gasteiger partial charge >= 0.3 is 5.69 Å². The normalized spacial score (nSPS) is 28.5. The highest BCUT2D eigenvalue weighted by molar-refractivity contribution is 14.1. The first-order valence-electron chi connectivity index (χ1n) is 5.69. The van der Waals surface area contributed by atoms with E-state index in [-0.39, 0.29) is 17.9 Å². The van der Waals surface area contributed by atoms with Crippen molar-refractivity contribution >= 4 is 22.6 Å². The Kier molecular flexibility index (Phi) is 3.72. The summed E-state index contributed by atoms with van der Waals surface area (Å²) in [6.07, 6.45) is 3.24. The van der Waals surface area contributed by atoms with Crippen LogP contribution in [0.15, 0.2) is 15.8 Å². The van der Waals surface area contributed by atoms with Gasteiger partial charge in [0.15, 0.2) is 0 Å². The predicted octanol–water partition coefficient (Wildman–Crippen LogP) is 1.47. The van der Waals surface area contributed by atoms with Crippen molar-refractivity contribution in [3.8, 4) is 0 Å². The van der Waals surface area contributed by atoms with Gasteiger partial charge in [0.25, 0.3) is 5.56 Å². The van der Waals surface area contributed by atoms with E-state index in [1.807, 2.05) is 22.6 Å². The third kappa shape index (κ3) is 2.47. The van der Waals surface area contributed by atoms with E-state index in [1.165, 1.54) is 4.57 Å². The smallest absolute Gasteiger partial charge is 0.330 e. The van der Waals surface area contributed by atoms with Gasteiger partial charge in [-0.2, -0.15) is 0 Å². The van der Waals surface area contributed by atoms with Gasteiger partial charge in [0.05, 0.1) is 9.67 Å². The zero-order chi connectivity index (χ0) is 12.6. The summed E-state index contributed by atoms with van der Waals surface area (Å²) in [5.41, 5.74) is -0.741. The van der Waals surface area contributed by atoms with Crippen LogP contribution in [0.25, 0.3) is 0 Å². The van der Waals surface area contributed by atoms with Crippen molar-refractivity contribution in [3.05, 3.63) is 30.6 Å². The number of aromatic amines is 1. The molecule has 1 aromatic rings. The molecule has 1 N–H and O–H groups in total. The number of halogens is 1. The zero-order valence-corrected chi connectivity index (χ0v) is 11.9. The molecule has 2 heterocycles. The molecule has 1 saturated heterocycles. The van der Waals surface area contributed by atoms with Crippen molar-refractivity contribution in [2.75, 3.05) is 0 Å². The summed E-state index contributed by atoms with van der Waals surface area (Å²) in [5, 5.41) is 0. The zero-order valence-electron chi connectivity index (χ0n) is 9.77. The molecule has 6 heteroatoms. The molecular weight excluding hydrogens is 335 g/mol. The molecule has 1 aromatic heterocycles. The molecule has 1 aliphatic rings. The molecule has 17 heavy (non-hydrogen) atoms. The Balaban J connectivity index is 2.34. The number of nitrogens with zero attached hydrogens (tertiary/aromatic N) is 1. The molecular formula is C11H15IN2O3. The van der Waals surface area contributed by atoms with Crippen molar-refractivity contribution in [3.63, 3.8) is 0 Å². The SMILES string of the molecule is CC[C@H]1O[C@@H](n2cc(I)c(=O)[nH]c2=O)C[C@H]1C. The van der Waals surface area contributed by atoms with Crippen LogP contribution in [0.2, 0.25) is 0 Å². The highest BCUT2D eigenvalue weighted by atomic mass is 127. The van der Waals surface area contributed by atoms with Gasteiger partial charge in [0, 0.05) is 6.20 Å².